The number of hydrogen-bond acceptors (Lipinski definition) is 3. The molecule has 0 amide bonds. The van der Waals surface area contributed by atoms with Crippen molar-refractivity contribution in [3.8, 4) is 11.8 Å². The largest absolute Gasteiger partial charge is 0.494 e. The summed E-state index contributed by atoms with van der Waals surface area (Å²) in [5.74, 6) is 0.387. The fourth-order valence-electron chi connectivity index (χ4n) is 2.00. The van der Waals surface area contributed by atoms with Crippen molar-refractivity contribution in [3.63, 3.8) is 0 Å². The maximum atomic E-state index is 12.7. The fraction of sp³-hybridized carbons (Fsp3) is 0.533. The molecule has 0 saturated carbocycles. The van der Waals surface area contributed by atoms with Crippen molar-refractivity contribution in [2.45, 2.75) is 38.6 Å². The summed E-state index contributed by atoms with van der Waals surface area (Å²) in [5.41, 5.74) is -0.457. The van der Waals surface area contributed by atoms with Crippen molar-refractivity contribution in [2.24, 2.45) is 0 Å². The molecule has 1 aromatic rings. The zero-order valence-corrected chi connectivity index (χ0v) is 11.6. The second-order valence-electron chi connectivity index (χ2n) is 4.48. The number of hydrogen-bond donors (Lipinski definition) is 1. The maximum absolute atomic E-state index is 12.7. The van der Waals surface area contributed by atoms with Crippen molar-refractivity contribution < 1.29 is 9.13 Å². The van der Waals surface area contributed by atoms with Crippen LogP contribution in [0.2, 0.25) is 0 Å². The predicted molar refractivity (Wildman–Crippen MR) is 73.4 cm³/mol. The van der Waals surface area contributed by atoms with Gasteiger partial charge in [0.15, 0.2) is 0 Å². The van der Waals surface area contributed by atoms with Gasteiger partial charge in [-0.3, -0.25) is 5.32 Å². The third-order valence-corrected chi connectivity index (χ3v) is 3.16. The smallest absolute Gasteiger partial charge is 0.123 e. The molecule has 0 fully saturated rings. The molecule has 0 saturated heterocycles. The van der Waals surface area contributed by atoms with Gasteiger partial charge in [-0.1, -0.05) is 13.8 Å². The molecule has 1 aromatic carbocycles. The first kappa shape index (κ1) is 15.5. The second-order valence-corrected chi connectivity index (χ2v) is 4.48. The Bertz CT molecular complexity index is 413. The van der Waals surface area contributed by atoms with Crippen molar-refractivity contribution in [1.29, 1.82) is 5.26 Å². The van der Waals surface area contributed by atoms with E-state index >= 15 is 0 Å². The Morgan fingerprint density at radius 3 is 2.53 bits per heavy atom. The number of nitrogens with one attached hydrogen (secondary N) is 1. The molecule has 1 unspecified atom stereocenters. The lowest BCUT2D eigenvalue weighted by atomic mass is 9.92. The highest BCUT2D eigenvalue weighted by Gasteiger charge is 2.25. The predicted octanol–water partition coefficient (Wildman–Crippen LogP) is 3.27. The van der Waals surface area contributed by atoms with E-state index in [4.69, 9.17) is 4.74 Å². The van der Waals surface area contributed by atoms with E-state index in [2.05, 4.69) is 11.4 Å². The fourth-order valence-corrected chi connectivity index (χ4v) is 2.00. The van der Waals surface area contributed by atoms with Crippen LogP contribution in [0, 0.1) is 17.1 Å². The third kappa shape index (κ3) is 4.88. The normalized spacial score (nSPS) is 13.6. The van der Waals surface area contributed by atoms with E-state index in [-0.39, 0.29) is 5.82 Å². The molecule has 0 bridgehead atoms. The summed E-state index contributed by atoms with van der Waals surface area (Å²) in [4.78, 5) is 0. The van der Waals surface area contributed by atoms with Crippen LogP contribution in [0.1, 0.15) is 33.1 Å². The Morgan fingerprint density at radius 2 is 2.00 bits per heavy atom. The first-order chi connectivity index (χ1) is 9.15. The summed E-state index contributed by atoms with van der Waals surface area (Å²) in [7, 11) is 0. The van der Waals surface area contributed by atoms with Crippen LogP contribution >= 0.6 is 0 Å². The highest BCUT2D eigenvalue weighted by atomic mass is 19.1. The molecule has 3 nitrogen and oxygen atoms in total. The number of rotatable bonds is 8. The molecule has 1 rings (SSSR count). The molecule has 19 heavy (non-hydrogen) atoms. The molecular weight excluding hydrogens is 243 g/mol. The van der Waals surface area contributed by atoms with Gasteiger partial charge in [-0.15, -0.1) is 0 Å². The average molecular weight is 264 g/mol. The molecule has 0 spiro atoms. The number of benzene rings is 1. The van der Waals surface area contributed by atoms with Crippen LogP contribution in [0.3, 0.4) is 0 Å². The molecular formula is C15H21FN2O. The Morgan fingerprint density at radius 1 is 1.32 bits per heavy atom. The lowest BCUT2D eigenvalue weighted by Gasteiger charge is -2.25. The van der Waals surface area contributed by atoms with Gasteiger partial charge in [-0.2, -0.15) is 5.26 Å². The SMILES string of the molecule is CCNC(C#N)(CC)CCCOc1ccc(F)cc1. The molecule has 0 radical (unpaired) electrons. The molecule has 0 heterocycles. The number of halogens is 1. The highest BCUT2D eigenvalue weighted by molar-refractivity contribution is 5.22. The van der Waals surface area contributed by atoms with Gasteiger partial charge in [0.1, 0.15) is 17.1 Å². The zero-order valence-electron chi connectivity index (χ0n) is 11.6. The van der Waals surface area contributed by atoms with E-state index in [0.29, 0.717) is 12.4 Å². The van der Waals surface area contributed by atoms with Crippen LogP contribution in [0.25, 0.3) is 0 Å². The van der Waals surface area contributed by atoms with E-state index in [9.17, 15) is 9.65 Å². The molecule has 0 aliphatic rings. The van der Waals surface area contributed by atoms with Gasteiger partial charge in [-0.25, -0.2) is 4.39 Å². The van der Waals surface area contributed by atoms with Gasteiger partial charge in [0.25, 0.3) is 0 Å². The second kappa shape index (κ2) is 7.75. The molecule has 104 valence electrons. The summed E-state index contributed by atoms with van der Waals surface area (Å²) in [6.07, 6.45) is 2.30. The van der Waals surface area contributed by atoms with Crippen molar-refractivity contribution >= 4 is 0 Å². The molecule has 1 N–H and O–H groups in total. The average Bonchev–Trinajstić information content (AvgIpc) is 2.44. The van der Waals surface area contributed by atoms with Gasteiger partial charge in [0.2, 0.25) is 0 Å². The molecule has 0 aliphatic carbocycles. The van der Waals surface area contributed by atoms with Gasteiger partial charge in [0.05, 0.1) is 12.7 Å². The van der Waals surface area contributed by atoms with E-state index in [1.54, 1.807) is 12.1 Å². The molecule has 0 aliphatic heterocycles. The van der Waals surface area contributed by atoms with Crippen LogP contribution in [0.15, 0.2) is 24.3 Å². The first-order valence-electron chi connectivity index (χ1n) is 6.70. The van der Waals surface area contributed by atoms with E-state index in [1.165, 1.54) is 12.1 Å². The Hall–Kier alpha value is -1.60. The Kier molecular flexibility index (Phi) is 6.31. The number of nitriles is 1. The van der Waals surface area contributed by atoms with Crippen LogP contribution in [0.5, 0.6) is 5.75 Å². The summed E-state index contributed by atoms with van der Waals surface area (Å²) < 4.78 is 18.2. The van der Waals surface area contributed by atoms with Gasteiger partial charge in [0, 0.05) is 0 Å². The van der Waals surface area contributed by atoms with Crippen LogP contribution in [-0.2, 0) is 0 Å². The van der Waals surface area contributed by atoms with E-state index < -0.39 is 5.54 Å². The quantitative estimate of drug-likeness (QED) is 0.733. The summed E-state index contributed by atoms with van der Waals surface area (Å²) in [6.45, 7) is 5.31. The molecule has 4 heteroatoms. The molecule has 0 aromatic heterocycles. The first-order valence-corrected chi connectivity index (χ1v) is 6.70. The van der Waals surface area contributed by atoms with Crippen LogP contribution < -0.4 is 10.1 Å². The topological polar surface area (TPSA) is 45.0 Å². The summed E-state index contributed by atoms with van der Waals surface area (Å²) >= 11 is 0. The van der Waals surface area contributed by atoms with E-state index in [0.717, 1.165) is 25.8 Å². The monoisotopic (exact) mass is 264 g/mol. The minimum absolute atomic E-state index is 0.269. The van der Waals surface area contributed by atoms with Gasteiger partial charge >= 0.3 is 0 Å². The van der Waals surface area contributed by atoms with Crippen molar-refractivity contribution in [2.75, 3.05) is 13.2 Å². The summed E-state index contributed by atoms with van der Waals surface area (Å²) in [6, 6.07) is 8.32. The Labute approximate surface area is 114 Å². The van der Waals surface area contributed by atoms with E-state index in [1.807, 2.05) is 13.8 Å². The minimum atomic E-state index is -0.457. The number of nitrogens with zero attached hydrogens (tertiary/aromatic N) is 1. The highest BCUT2D eigenvalue weighted by Crippen LogP contribution is 2.17. The standard InChI is InChI=1S/C15H21FN2O/c1-3-15(12-17,18-4-2)10-5-11-19-14-8-6-13(16)7-9-14/h6-9,18H,3-5,10-11H2,1-2H3. The molecule has 1 atom stereocenters. The van der Waals surface area contributed by atoms with Crippen LogP contribution in [0.4, 0.5) is 4.39 Å². The lowest BCUT2D eigenvalue weighted by Crippen LogP contribution is -2.43. The lowest BCUT2D eigenvalue weighted by molar-refractivity contribution is 0.277. The Balaban J connectivity index is 2.37. The van der Waals surface area contributed by atoms with Crippen molar-refractivity contribution in [1.82, 2.24) is 5.32 Å². The third-order valence-electron chi connectivity index (χ3n) is 3.16. The van der Waals surface area contributed by atoms with Crippen molar-refractivity contribution in [3.05, 3.63) is 30.1 Å². The summed E-state index contributed by atoms with van der Waals surface area (Å²) in [5, 5.41) is 12.5. The van der Waals surface area contributed by atoms with Gasteiger partial charge in [-0.05, 0) is 50.1 Å². The zero-order chi connectivity index (χ0) is 14.1. The van der Waals surface area contributed by atoms with Crippen LogP contribution in [-0.4, -0.2) is 18.7 Å². The minimum Gasteiger partial charge on any atom is -0.494 e. The number of ether oxygens (including phenoxy) is 1. The maximum Gasteiger partial charge on any atom is 0.123 e. The van der Waals surface area contributed by atoms with Gasteiger partial charge < -0.3 is 4.74 Å².